The van der Waals surface area contributed by atoms with Gasteiger partial charge in [0.1, 0.15) is 5.78 Å². The second kappa shape index (κ2) is 8.38. The zero-order valence-electron chi connectivity index (χ0n) is 14.6. The van der Waals surface area contributed by atoms with Crippen LogP contribution in [-0.2, 0) is 4.79 Å². The lowest BCUT2D eigenvalue weighted by atomic mass is 10.0. The Morgan fingerprint density at radius 3 is 2.70 bits per heavy atom. The summed E-state index contributed by atoms with van der Waals surface area (Å²) in [6.07, 6.45) is 5.45. The van der Waals surface area contributed by atoms with E-state index in [2.05, 4.69) is 36.7 Å². The molecule has 3 N–H and O–H groups in total. The Morgan fingerprint density at radius 1 is 1.22 bits per heavy atom. The van der Waals surface area contributed by atoms with Crippen molar-refractivity contribution in [3.8, 4) is 0 Å². The summed E-state index contributed by atoms with van der Waals surface area (Å²) in [5.74, 6) is 1.39. The lowest BCUT2D eigenvalue weighted by Crippen LogP contribution is -2.36. The molecule has 0 aliphatic carbocycles. The van der Waals surface area contributed by atoms with E-state index >= 15 is 0 Å². The molecule has 5 nitrogen and oxygen atoms in total. The molecule has 0 spiro atoms. The Labute approximate surface area is 144 Å². The van der Waals surface area contributed by atoms with E-state index in [4.69, 9.17) is 0 Å². The highest BCUT2D eigenvalue weighted by Gasteiger charge is 2.42. The van der Waals surface area contributed by atoms with Crippen LogP contribution in [-0.4, -0.2) is 47.0 Å². The molecule has 2 aliphatic heterocycles. The van der Waals surface area contributed by atoms with E-state index in [1.807, 2.05) is 11.8 Å². The van der Waals surface area contributed by atoms with Gasteiger partial charge in [-0.1, -0.05) is 6.42 Å². The van der Waals surface area contributed by atoms with E-state index in [9.17, 15) is 9.59 Å². The van der Waals surface area contributed by atoms with Gasteiger partial charge in [-0.15, -0.1) is 0 Å². The van der Waals surface area contributed by atoms with Gasteiger partial charge in [-0.05, 0) is 46.6 Å². The minimum atomic E-state index is -0.0238. The van der Waals surface area contributed by atoms with Crippen molar-refractivity contribution in [3.05, 3.63) is 0 Å². The third-order valence-electron chi connectivity index (χ3n) is 4.42. The van der Waals surface area contributed by atoms with Gasteiger partial charge >= 0.3 is 6.03 Å². The first-order chi connectivity index (χ1) is 10.8. The van der Waals surface area contributed by atoms with Crippen LogP contribution >= 0.6 is 11.8 Å². The third-order valence-corrected chi connectivity index (χ3v) is 5.93. The van der Waals surface area contributed by atoms with Gasteiger partial charge < -0.3 is 16.0 Å². The number of carbonyl (C=O) groups excluding carboxylic acids is 2. The summed E-state index contributed by atoms with van der Waals surface area (Å²) in [4.78, 5) is 23.2. The summed E-state index contributed by atoms with van der Waals surface area (Å²) in [7, 11) is 0. The molecule has 2 heterocycles. The smallest absolute Gasteiger partial charge is 0.315 e. The lowest BCUT2D eigenvalue weighted by molar-refractivity contribution is -0.119. The van der Waals surface area contributed by atoms with Gasteiger partial charge in [0, 0.05) is 29.4 Å². The molecule has 23 heavy (non-hydrogen) atoms. The molecule has 2 rings (SSSR count). The zero-order valence-corrected chi connectivity index (χ0v) is 15.4. The molecule has 6 heteroatoms. The Bertz CT molecular complexity index is 423. The van der Waals surface area contributed by atoms with Crippen LogP contribution in [0.4, 0.5) is 4.79 Å². The molecule has 3 atom stereocenters. The molecular weight excluding hydrogens is 310 g/mol. The van der Waals surface area contributed by atoms with Gasteiger partial charge in [-0.25, -0.2) is 4.79 Å². The van der Waals surface area contributed by atoms with Gasteiger partial charge in [0.05, 0.1) is 12.1 Å². The van der Waals surface area contributed by atoms with Crippen LogP contribution in [0.15, 0.2) is 0 Å². The van der Waals surface area contributed by atoms with Crippen molar-refractivity contribution >= 4 is 23.6 Å². The maximum atomic E-state index is 11.9. The van der Waals surface area contributed by atoms with E-state index in [1.54, 1.807) is 0 Å². The van der Waals surface area contributed by atoms with Crippen LogP contribution in [0.2, 0.25) is 0 Å². The molecule has 2 fully saturated rings. The van der Waals surface area contributed by atoms with Crippen molar-refractivity contribution in [1.29, 1.82) is 0 Å². The number of urea groups is 1. The first kappa shape index (κ1) is 18.6. The fraction of sp³-hybridized carbons (Fsp3) is 0.882. The van der Waals surface area contributed by atoms with Crippen molar-refractivity contribution in [3.63, 3.8) is 0 Å². The van der Waals surface area contributed by atoms with E-state index in [1.165, 1.54) is 0 Å². The van der Waals surface area contributed by atoms with Gasteiger partial charge in [0.2, 0.25) is 0 Å². The summed E-state index contributed by atoms with van der Waals surface area (Å²) < 4.78 is 0. The van der Waals surface area contributed by atoms with E-state index in [-0.39, 0.29) is 17.6 Å². The molecule has 0 radical (unpaired) electrons. The van der Waals surface area contributed by atoms with Gasteiger partial charge in [-0.2, -0.15) is 11.8 Å². The molecule has 0 aromatic carbocycles. The van der Waals surface area contributed by atoms with Crippen LogP contribution in [0.3, 0.4) is 0 Å². The van der Waals surface area contributed by atoms with Crippen LogP contribution < -0.4 is 16.0 Å². The number of thioether (sulfide) groups is 1. The fourth-order valence-corrected chi connectivity index (χ4v) is 4.73. The molecular formula is C17H31N3O2S. The fourth-order valence-electron chi connectivity index (χ4n) is 3.18. The van der Waals surface area contributed by atoms with E-state index in [0.717, 1.165) is 38.0 Å². The minimum absolute atomic E-state index is 0.0238. The Hall–Kier alpha value is -0.750. The van der Waals surface area contributed by atoms with Crippen LogP contribution in [0.25, 0.3) is 0 Å². The van der Waals surface area contributed by atoms with Crippen molar-refractivity contribution in [2.45, 2.75) is 82.2 Å². The van der Waals surface area contributed by atoms with Crippen LogP contribution in [0.5, 0.6) is 0 Å². The number of rotatable bonds is 9. The Kier molecular flexibility index (Phi) is 6.77. The molecule has 2 saturated heterocycles. The number of Topliss-reactive ketones (excluding diaryl/α,β-unsaturated/α-hetero) is 1. The molecule has 2 aliphatic rings. The minimum Gasteiger partial charge on any atom is -0.332 e. The highest BCUT2D eigenvalue weighted by atomic mass is 32.2. The first-order valence-electron chi connectivity index (χ1n) is 8.80. The standard InChI is InChI=1S/C17H31N3O2S/c1-17(2,3)18-10-6-8-12(21)7-4-5-9-14-15-13(11-23-14)19-16(22)20-15/h13-15,18H,4-11H2,1-3H3,(H2,19,20,22)/t13-,14-,15-/m0/s1. The summed E-state index contributed by atoms with van der Waals surface area (Å²) in [6.45, 7) is 7.33. The number of ketones is 1. The largest absolute Gasteiger partial charge is 0.332 e. The van der Waals surface area contributed by atoms with E-state index in [0.29, 0.717) is 29.9 Å². The normalized spacial score (nSPS) is 26.7. The predicted octanol–water partition coefficient (Wildman–Crippen LogP) is 2.45. The van der Waals surface area contributed by atoms with Crippen LogP contribution in [0.1, 0.15) is 59.3 Å². The maximum Gasteiger partial charge on any atom is 0.315 e. The number of nitrogens with one attached hydrogen (secondary N) is 3. The van der Waals surface area contributed by atoms with Gasteiger partial charge in [0.15, 0.2) is 0 Å². The molecule has 132 valence electrons. The zero-order chi connectivity index (χ0) is 16.9. The highest BCUT2D eigenvalue weighted by molar-refractivity contribution is 8.00. The van der Waals surface area contributed by atoms with Crippen LogP contribution in [0, 0.1) is 0 Å². The number of fused-ring (bicyclic) bond motifs is 1. The molecule has 0 saturated carbocycles. The van der Waals surface area contributed by atoms with Crippen molar-refractivity contribution in [2.24, 2.45) is 0 Å². The number of unbranched alkanes of at least 4 members (excludes halogenated alkanes) is 1. The average Bonchev–Trinajstić information content (AvgIpc) is 2.98. The number of carbonyl (C=O) groups is 2. The quantitative estimate of drug-likeness (QED) is 0.445. The summed E-state index contributed by atoms with van der Waals surface area (Å²) in [5.41, 5.74) is 0.129. The Morgan fingerprint density at radius 2 is 1.96 bits per heavy atom. The van der Waals surface area contributed by atoms with Crippen molar-refractivity contribution < 1.29 is 9.59 Å². The van der Waals surface area contributed by atoms with Gasteiger partial charge in [-0.3, -0.25) is 4.79 Å². The monoisotopic (exact) mass is 341 g/mol. The molecule has 0 unspecified atom stereocenters. The topological polar surface area (TPSA) is 70.2 Å². The molecule has 0 aromatic heterocycles. The summed E-state index contributed by atoms with van der Waals surface area (Å²) in [5, 5.41) is 9.90. The lowest BCUT2D eigenvalue weighted by Gasteiger charge is -2.20. The highest BCUT2D eigenvalue weighted by Crippen LogP contribution is 2.33. The average molecular weight is 342 g/mol. The second-order valence-corrected chi connectivity index (χ2v) is 8.96. The summed E-state index contributed by atoms with van der Waals surface area (Å²) >= 11 is 1.94. The number of hydrogen-bond acceptors (Lipinski definition) is 4. The van der Waals surface area contributed by atoms with Crippen molar-refractivity contribution in [1.82, 2.24) is 16.0 Å². The number of amides is 2. The van der Waals surface area contributed by atoms with Crippen molar-refractivity contribution in [2.75, 3.05) is 12.3 Å². The van der Waals surface area contributed by atoms with Gasteiger partial charge in [0.25, 0.3) is 0 Å². The molecule has 0 bridgehead atoms. The number of hydrogen-bond donors (Lipinski definition) is 3. The summed E-state index contributed by atoms with van der Waals surface area (Å²) in [6, 6.07) is 0.561. The molecule has 0 aromatic rings. The predicted molar refractivity (Wildman–Crippen MR) is 96.0 cm³/mol. The van der Waals surface area contributed by atoms with E-state index < -0.39 is 0 Å². The second-order valence-electron chi connectivity index (χ2n) is 7.69. The Balaban J connectivity index is 1.50. The first-order valence-corrected chi connectivity index (χ1v) is 9.85. The third kappa shape index (κ3) is 6.34. The SMILES string of the molecule is CC(C)(C)NCCCC(=O)CCCC[C@@H]1SC[C@@H]2NC(=O)N[C@@H]21. The molecule has 2 amide bonds. The maximum absolute atomic E-state index is 11.9.